The number of nitrogens with one attached hydrogen (secondary N) is 1. The van der Waals surface area contributed by atoms with Crippen LogP contribution in [0, 0.1) is 0 Å². The summed E-state index contributed by atoms with van der Waals surface area (Å²) in [5.74, 6) is -0.459. The normalized spacial score (nSPS) is 18.4. The number of ether oxygens (including phenoxy) is 2. The zero-order chi connectivity index (χ0) is 24.7. The van der Waals surface area contributed by atoms with E-state index in [9.17, 15) is 23.1 Å². The molecule has 0 aliphatic carbocycles. The lowest BCUT2D eigenvalue weighted by Gasteiger charge is -2.22. The quantitative estimate of drug-likeness (QED) is 0.456. The van der Waals surface area contributed by atoms with Crippen molar-refractivity contribution in [2.75, 3.05) is 31.7 Å². The molecule has 2 aromatic carbocycles. The Morgan fingerprint density at radius 2 is 1.91 bits per heavy atom. The van der Waals surface area contributed by atoms with Crippen molar-refractivity contribution in [2.24, 2.45) is 0 Å². The van der Waals surface area contributed by atoms with Gasteiger partial charge in [-0.05, 0) is 36.7 Å². The Balaban J connectivity index is 1.73. The first-order valence-electron chi connectivity index (χ1n) is 11.5. The standard InChI is InChI=1S/C25H31F3N2O4/c1-3-4-5-11-29-12-13-34-22-15-19(9-10-21(22)33-2)30-23(31)16-20(24(30)32)17-7-6-8-18(14-17)25(26,27)28/h6-10,14-15,20,23,29,31H,3-5,11-13,16H2,1-2H3. The number of amides is 1. The van der Waals surface area contributed by atoms with Gasteiger partial charge in [-0.3, -0.25) is 9.69 Å². The number of hydrogen-bond acceptors (Lipinski definition) is 5. The van der Waals surface area contributed by atoms with Gasteiger partial charge in [0.2, 0.25) is 5.91 Å². The van der Waals surface area contributed by atoms with E-state index in [1.807, 2.05) is 0 Å². The van der Waals surface area contributed by atoms with Gasteiger partial charge in [0.05, 0.1) is 24.3 Å². The summed E-state index contributed by atoms with van der Waals surface area (Å²) < 4.78 is 50.5. The Morgan fingerprint density at radius 3 is 2.62 bits per heavy atom. The van der Waals surface area contributed by atoms with E-state index in [2.05, 4.69) is 12.2 Å². The number of anilines is 1. The van der Waals surface area contributed by atoms with Crippen LogP contribution in [0.4, 0.5) is 18.9 Å². The zero-order valence-electron chi connectivity index (χ0n) is 19.4. The molecule has 3 rings (SSSR count). The van der Waals surface area contributed by atoms with Gasteiger partial charge in [0, 0.05) is 19.0 Å². The summed E-state index contributed by atoms with van der Waals surface area (Å²) in [6, 6.07) is 9.53. The number of methoxy groups -OCH3 is 1. The minimum atomic E-state index is -4.51. The number of halogens is 3. The fourth-order valence-corrected chi connectivity index (χ4v) is 4.03. The lowest BCUT2D eigenvalue weighted by Crippen LogP contribution is -2.33. The van der Waals surface area contributed by atoms with E-state index in [0.717, 1.165) is 37.9 Å². The van der Waals surface area contributed by atoms with Gasteiger partial charge < -0.3 is 19.9 Å². The molecule has 1 heterocycles. The fraction of sp³-hybridized carbons (Fsp3) is 0.480. The van der Waals surface area contributed by atoms with Gasteiger partial charge in [-0.25, -0.2) is 0 Å². The highest BCUT2D eigenvalue weighted by Gasteiger charge is 2.41. The Kier molecular flexibility index (Phi) is 8.79. The van der Waals surface area contributed by atoms with Gasteiger partial charge >= 0.3 is 6.18 Å². The Morgan fingerprint density at radius 1 is 1.12 bits per heavy atom. The molecule has 1 saturated heterocycles. The lowest BCUT2D eigenvalue weighted by atomic mass is 9.95. The van der Waals surface area contributed by atoms with Crippen LogP contribution in [-0.4, -0.2) is 44.0 Å². The molecule has 0 aromatic heterocycles. The fourth-order valence-electron chi connectivity index (χ4n) is 4.03. The highest BCUT2D eigenvalue weighted by Crippen LogP contribution is 2.40. The van der Waals surface area contributed by atoms with Crippen LogP contribution in [0.5, 0.6) is 11.5 Å². The summed E-state index contributed by atoms with van der Waals surface area (Å²) in [5.41, 5.74) is -0.214. The number of carbonyl (C=O) groups excluding carboxylic acids is 1. The number of rotatable bonds is 11. The third-order valence-corrected chi connectivity index (χ3v) is 5.82. The molecule has 1 aliphatic rings. The van der Waals surface area contributed by atoms with E-state index < -0.39 is 29.8 Å². The smallest absolute Gasteiger partial charge is 0.416 e. The minimum Gasteiger partial charge on any atom is -0.493 e. The maximum Gasteiger partial charge on any atom is 0.416 e. The van der Waals surface area contributed by atoms with Crippen molar-refractivity contribution in [1.82, 2.24) is 5.32 Å². The summed E-state index contributed by atoms with van der Waals surface area (Å²) in [6.07, 6.45) is -2.28. The third kappa shape index (κ3) is 6.21. The van der Waals surface area contributed by atoms with Crippen LogP contribution in [0.3, 0.4) is 0 Å². The van der Waals surface area contributed by atoms with Crippen molar-refractivity contribution >= 4 is 11.6 Å². The van der Waals surface area contributed by atoms with Crippen LogP contribution in [0.2, 0.25) is 0 Å². The molecule has 1 fully saturated rings. The van der Waals surface area contributed by atoms with Gasteiger partial charge in [-0.15, -0.1) is 0 Å². The summed E-state index contributed by atoms with van der Waals surface area (Å²) in [4.78, 5) is 14.3. The zero-order valence-corrected chi connectivity index (χ0v) is 19.4. The highest BCUT2D eigenvalue weighted by atomic mass is 19.4. The molecule has 1 amide bonds. The second kappa shape index (κ2) is 11.6. The van der Waals surface area contributed by atoms with E-state index >= 15 is 0 Å². The van der Waals surface area contributed by atoms with Crippen molar-refractivity contribution in [3.63, 3.8) is 0 Å². The van der Waals surface area contributed by atoms with Crippen molar-refractivity contribution < 1.29 is 32.5 Å². The number of carbonyl (C=O) groups is 1. The summed E-state index contributed by atoms with van der Waals surface area (Å²) in [5, 5.41) is 13.9. The highest BCUT2D eigenvalue weighted by molar-refractivity contribution is 6.01. The predicted molar refractivity (Wildman–Crippen MR) is 123 cm³/mol. The van der Waals surface area contributed by atoms with Crippen LogP contribution in [0.15, 0.2) is 42.5 Å². The van der Waals surface area contributed by atoms with Crippen molar-refractivity contribution in [2.45, 2.75) is 50.9 Å². The third-order valence-electron chi connectivity index (χ3n) is 5.82. The van der Waals surface area contributed by atoms with Crippen LogP contribution in [0.1, 0.15) is 49.7 Å². The number of aliphatic hydroxyl groups is 1. The first kappa shape index (κ1) is 25.8. The number of aliphatic hydroxyl groups excluding tert-OH is 1. The van der Waals surface area contributed by atoms with Crippen LogP contribution in [0.25, 0.3) is 0 Å². The van der Waals surface area contributed by atoms with Gasteiger partial charge in [-0.1, -0.05) is 38.0 Å². The molecule has 2 atom stereocenters. The Bertz CT molecular complexity index is 967. The molecule has 0 bridgehead atoms. The Hall–Kier alpha value is -2.78. The van der Waals surface area contributed by atoms with E-state index in [-0.39, 0.29) is 12.0 Å². The first-order chi connectivity index (χ1) is 16.3. The molecular formula is C25H31F3N2O4. The number of alkyl halides is 3. The molecule has 0 saturated carbocycles. The van der Waals surface area contributed by atoms with Gasteiger partial charge in [0.1, 0.15) is 12.8 Å². The monoisotopic (exact) mass is 480 g/mol. The van der Waals surface area contributed by atoms with E-state index in [1.165, 1.54) is 24.1 Å². The summed E-state index contributed by atoms with van der Waals surface area (Å²) in [6.45, 7) is 4.07. The lowest BCUT2D eigenvalue weighted by molar-refractivity contribution is -0.137. The molecule has 2 N–H and O–H groups in total. The van der Waals surface area contributed by atoms with E-state index in [4.69, 9.17) is 9.47 Å². The number of hydrogen-bond donors (Lipinski definition) is 2. The minimum absolute atomic E-state index is 0.00988. The maximum absolute atomic E-state index is 13.1. The molecule has 0 spiro atoms. The van der Waals surface area contributed by atoms with Crippen molar-refractivity contribution in [1.29, 1.82) is 0 Å². The Labute approximate surface area is 197 Å². The van der Waals surface area contributed by atoms with Crippen LogP contribution in [-0.2, 0) is 11.0 Å². The van der Waals surface area contributed by atoms with Gasteiger partial charge in [0.15, 0.2) is 11.5 Å². The second-order valence-electron chi connectivity index (χ2n) is 8.24. The maximum atomic E-state index is 13.1. The largest absolute Gasteiger partial charge is 0.493 e. The summed E-state index contributed by atoms with van der Waals surface area (Å²) >= 11 is 0. The molecule has 9 heteroatoms. The van der Waals surface area contributed by atoms with Crippen molar-refractivity contribution in [3.05, 3.63) is 53.6 Å². The number of benzene rings is 2. The topological polar surface area (TPSA) is 71.0 Å². The molecule has 0 radical (unpaired) electrons. The van der Waals surface area contributed by atoms with Gasteiger partial charge in [0.25, 0.3) is 0 Å². The van der Waals surface area contributed by atoms with E-state index in [0.29, 0.717) is 30.3 Å². The molecule has 2 aromatic rings. The summed E-state index contributed by atoms with van der Waals surface area (Å²) in [7, 11) is 1.50. The van der Waals surface area contributed by atoms with Crippen molar-refractivity contribution in [3.8, 4) is 11.5 Å². The number of unbranched alkanes of at least 4 members (excludes halogenated alkanes) is 2. The van der Waals surface area contributed by atoms with Gasteiger partial charge in [-0.2, -0.15) is 13.2 Å². The molecule has 34 heavy (non-hydrogen) atoms. The van der Waals surface area contributed by atoms with Crippen LogP contribution < -0.4 is 19.7 Å². The van der Waals surface area contributed by atoms with E-state index in [1.54, 1.807) is 18.2 Å². The molecular weight excluding hydrogens is 449 g/mol. The average Bonchev–Trinajstić information content (AvgIpc) is 3.11. The predicted octanol–water partition coefficient (Wildman–Crippen LogP) is 4.71. The molecule has 186 valence electrons. The second-order valence-corrected chi connectivity index (χ2v) is 8.24. The SMILES string of the molecule is CCCCCNCCOc1cc(N2C(=O)C(c3cccc(C(F)(F)F)c3)CC2O)ccc1OC. The average molecular weight is 481 g/mol. The number of nitrogens with zero attached hydrogens (tertiary/aromatic N) is 1. The first-order valence-corrected chi connectivity index (χ1v) is 11.5. The molecule has 2 unspecified atom stereocenters. The van der Waals surface area contributed by atoms with Crippen LogP contribution >= 0.6 is 0 Å². The molecule has 6 nitrogen and oxygen atoms in total. The molecule has 1 aliphatic heterocycles.